The minimum Gasteiger partial charge on any atom is -0.476 e. The number of aromatic nitrogens is 3. The molecule has 0 aliphatic carbocycles. The summed E-state index contributed by atoms with van der Waals surface area (Å²) in [5.41, 5.74) is 9.65. The van der Waals surface area contributed by atoms with Crippen LogP contribution in [0.4, 0.5) is 16.0 Å². The molecule has 1 amide bonds. The van der Waals surface area contributed by atoms with E-state index in [0.29, 0.717) is 41.7 Å². The quantitative estimate of drug-likeness (QED) is 0.378. The molecule has 0 saturated heterocycles. The molecule has 168 valence electrons. The fourth-order valence-electron chi connectivity index (χ4n) is 3.18. The van der Waals surface area contributed by atoms with Gasteiger partial charge in [0.05, 0.1) is 24.4 Å². The predicted octanol–water partition coefficient (Wildman–Crippen LogP) is 3.74. The number of nitrogens with zero attached hydrogens (tertiary/aromatic N) is 3. The summed E-state index contributed by atoms with van der Waals surface area (Å²) in [4.78, 5) is 25.2. The van der Waals surface area contributed by atoms with Crippen molar-refractivity contribution in [3.05, 3.63) is 72.0 Å². The number of fused-ring (bicyclic) bond motifs is 1. The first-order valence-electron chi connectivity index (χ1n) is 10.5. The van der Waals surface area contributed by atoms with Gasteiger partial charge in [0.15, 0.2) is 5.52 Å². The highest BCUT2D eigenvalue weighted by Gasteiger charge is 2.12. The Balaban J connectivity index is 1.60. The Bertz CT molecular complexity index is 1260. The zero-order valence-electron chi connectivity index (χ0n) is 18.0. The third kappa shape index (κ3) is 5.39. The van der Waals surface area contributed by atoms with Gasteiger partial charge in [-0.15, -0.1) is 0 Å². The van der Waals surface area contributed by atoms with Crippen molar-refractivity contribution in [2.24, 2.45) is 5.73 Å². The number of hydrogen-bond acceptors (Lipinski definition) is 7. The summed E-state index contributed by atoms with van der Waals surface area (Å²) in [7, 11) is 0. The first-order chi connectivity index (χ1) is 16.1. The third-order valence-corrected chi connectivity index (χ3v) is 4.81. The normalized spacial score (nSPS) is 10.8. The number of anilines is 2. The maximum Gasteiger partial charge on any atom is 0.245 e. The molecule has 0 aliphatic rings. The Hall–Kier alpha value is -4.11. The Morgan fingerprint density at radius 2 is 1.76 bits per heavy atom. The Morgan fingerprint density at radius 3 is 2.45 bits per heavy atom. The predicted molar refractivity (Wildman–Crippen MR) is 125 cm³/mol. The van der Waals surface area contributed by atoms with Crippen molar-refractivity contribution < 1.29 is 13.9 Å². The largest absolute Gasteiger partial charge is 0.476 e. The van der Waals surface area contributed by atoms with Gasteiger partial charge in [-0.3, -0.25) is 4.79 Å². The summed E-state index contributed by atoms with van der Waals surface area (Å²) >= 11 is 0. The highest BCUT2D eigenvalue weighted by Crippen LogP contribution is 2.27. The number of carbonyl (C=O) groups excluding carboxylic acids is 1. The van der Waals surface area contributed by atoms with E-state index >= 15 is 0 Å². The topological polar surface area (TPSA) is 115 Å². The fourth-order valence-corrected chi connectivity index (χ4v) is 3.18. The van der Waals surface area contributed by atoms with E-state index in [9.17, 15) is 9.18 Å². The second kappa shape index (κ2) is 10.0. The highest BCUT2D eigenvalue weighted by atomic mass is 19.1. The van der Waals surface area contributed by atoms with Gasteiger partial charge in [0, 0.05) is 17.8 Å². The third-order valence-electron chi connectivity index (χ3n) is 4.81. The van der Waals surface area contributed by atoms with Gasteiger partial charge in [0.1, 0.15) is 5.82 Å². The van der Waals surface area contributed by atoms with Crippen LogP contribution in [0.25, 0.3) is 22.3 Å². The molecule has 33 heavy (non-hydrogen) atoms. The molecule has 0 spiro atoms. The van der Waals surface area contributed by atoms with Crippen LogP contribution in [0.1, 0.15) is 12.5 Å². The molecule has 0 bridgehead atoms. The van der Waals surface area contributed by atoms with Crippen molar-refractivity contribution in [1.82, 2.24) is 15.0 Å². The summed E-state index contributed by atoms with van der Waals surface area (Å²) in [6.45, 7) is 2.66. The summed E-state index contributed by atoms with van der Waals surface area (Å²) in [5.74, 6) is 0.229. The molecule has 2 heterocycles. The minimum atomic E-state index is -0.281. The van der Waals surface area contributed by atoms with Gasteiger partial charge in [-0.1, -0.05) is 24.3 Å². The van der Waals surface area contributed by atoms with E-state index in [1.165, 1.54) is 12.1 Å². The van der Waals surface area contributed by atoms with E-state index in [1.54, 1.807) is 24.3 Å². The molecule has 0 aliphatic heterocycles. The van der Waals surface area contributed by atoms with Gasteiger partial charge in [-0.2, -0.15) is 4.98 Å². The van der Waals surface area contributed by atoms with E-state index in [2.05, 4.69) is 20.6 Å². The van der Waals surface area contributed by atoms with Gasteiger partial charge < -0.3 is 21.1 Å². The summed E-state index contributed by atoms with van der Waals surface area (Å²) in [6.07, 6.45) is 0. The average Bonchev–Trinajstić information content (AvgIpc) is 2.84. The molecule has 0 atom stereocenters. The van der Waals surface area contributed by atoms with Crippen molar-refractivity contribution in [2.75, 3.05) is 23.8 Å². The van der Waals surface area contributed by atoms with Gasteiger partial charge in [-0.25, -0.2) is 14.4 Å². The van der Waals surface area contributed by atoms with Crippen LogP contribution in [0.3, 0.4) is 0 Å². The van der Waals surface area contributed by atoms with Crippen molar-refractivity contribution in [3.8, 4) is 17.1 Å². The number of nitrogens with two attached hydrogens (primary N) is 1. The second-order valence-corrected chi connectivity index (χ2v) is 7.16. The van der Waals surface area contributed by atoms with E-state index in [0.717, 1.165) is 16.8 Å². The molecular formula is C24H23FN6O2. The molecule has 2 aromatic heterocycles. The Morgan fingerprint density at radius 1 is 1.00 bits per heavy atom. The minimum absolute atomic E-state index is 0.0745. The number of pyridine rings is 1. The molecule has 4 N–H and O–H groups in total. The van der Waals surface area contributed by atoms with Crippen LogP contribution in [-0.2, 0) is 11.3 Å². The van der Waals surface area contributed by atoms with Crippen LogP contribution < -0.4 is 21.1 Å². The smallest absolute Gasteiger partial charge is 0.245 e. The average molecular weight is 446 g/mol. The maximum atomic E-state index is 13.1. The van der Waals surface area contributed by atoms with Crippen LogP contribution in [0.15, 0.2) is 60.7 Å². The Labute approximate surface area is 190 Å². The number of halogens is 1. The van der Waals surface area contributed by atoms with E-state index in [4.69, 9.17) is 15.5 Å². The number of rotatable bonds is 8. The lowest BCUT2D eigenvalue weighted by atomic mass is 10.1. The lowest BCUT2D eigenvalue weighted by Crippen LogP contribution is -2.21. The number of hydrogen-bond donors (Lipinski definition) is 3. The van der Waals surface area contributed by atoms with E-state index in [1.807, 2.05) is 31.2 Å². The van der Waals surface area contributed by atoms with Crippen LogP contribution in [0, 0.1) is 5.82 Å². The zero-order valence-corrected chi connectivity index (χ0v) is 18.0. The standard InChI is InChI=1S/C24H23FN6O2/c1-2-33-23-22-20(30-24(31-23)27-14-15-3-7-17(25)8-4-15)12-11-19(29-22)16-5-9-18(10-6-16)28-21(32)13-26/h3-12H,2,13-14,26H2,1H3,(H,28,32)(H,27,30,31). The zero-order chi connectivity index (χ0) is 23.2. The molecule has 0 fully saturated rings. The van der Waals surface area contributed by atoms with Crippen LogP contribution in [0.2, 0.25) is 0 Å². The molecule has 9 heteroatoms. The summed E-state index contributed by atoms with van der Waals surface area (Å²) < 4.78 is 18.8. The first-order valence-corrected chi connectivity index (χ1v) is 10.5. The number of carbonyl (C=O) groups is 1. The first kappa shape index (κ1) is 22.1. The van der Waals surface area contributed by atoms with Crippen molar-refractivity contribution in [3.63, 3.8) is 0 Å². The van der Waals surface area contributed by atoms with Crippen molar-refractivity contribution >= 4 is 28.6 Å². The van der Waals surface area contributed by atoms with Crippen LogP contribution in [-0.4, -0.2) is 34.0 Å². The molecule has 2 aromatic carbocycles. The van der Waals surface area contributed by atoms with Gasteiger partial charge >= 0.3 is 0 Å². The molecular weight excluding hydrogens is 423 g/mol. The van der Waals surface area contributed by atoms with E-state index in [-0.39, 0.29) is 18.3 Å². The van der Waals surface area contributed by atoms with Crippen molar-refractivity contribution in [1.29, 1.82) is 0 Å². The van der Waals surface area contributed by atoms with Gasteiger partial charge in [0.2, 0.25) is 17.7 Å². The molecule has 0 saturated carbocycles. The van der Waals surface area contributed by atoms with Crippen LogP contribution in [0.5, 0.6) is 5.88 Å². The number of amides is 1. The monoisotopic (exact) mass is 446 g/mol. The fraction of sp³-hybridized carbons (Fsp3) is 0.167. The van der Waals surface area contributed by atoms with Gasteiger partial charge in [0.25, 0.3) is 0 Å². The molecule has 0 unspecified atom stereocenters. The number of ether oxygens (including phenoxy) is 1. The summed E-state index contributed by atoms with van der Waals surface area (Å²) in [6, 6.07) is 17.2. The maximum absolute atomic E-state index is 13.1. The SMILES string of the molecule is CCOc1nc(NCc2ccc(F)cc2)nc2ccc(-c3ccc(NC(=O)CN)cc3)nc12. The number of benzene rings is 2. The molecule has 4 aromatic rings. The molecule has 4 rings (SSSR count). The van der Waals surface area contributed by atoms with Crippen LogP contribution >= 0.6 is 0 Å². The van der Waals surface area contributed by atoms with E-state index < -0.39 is 0 Å². The number of nitrogens with one attached hydrogen (secondary N) is 2. The lowest BCUT2D eigenvalue weighted by molar-refractivity contribution is -0.114. The second-order valence-electron chi connectivity index (χ2n) is 7.16. The van der Waals surface area contributed by atoms with Crippen molar-refractivity contribution in [2.45, 2.75) is 13.5 Å². The molecule has 8 nitrogen and oxygen atoms in total. The Kier molecular flexibility index (Phi) is 6.70. The van der Waals surface area contributed by atoms with Gasteiger partial charge in [-0.05, 0) is 48.9 Å². The molecule has 0 radical (unpaired) electrons. The summed E-state index contributed by atoms with van der Waals surface area (Å²) in [5, 5.41) is 5.86. The lowest BCUT2D eigenvalue weighted by Gasteiger charge is -2.11. The highest BCUT2D eigenvalue weighted by molar-refractivity contribution is 5.92.